The Bertz CT molecular complexity index is 620. The molecule has 0 atom stereocenters. The van der Waals surface area contributed by atoms with Gasteiger partial charge in [0.15, 0.2) is 0 Å². The van der Waals surface area contributed by atoms with Crippen molar-refractivity contribution in [3.63, 3.8) is 0 Å². The third kappa shape index (κ3) is 6.16. The molecule has 1 aromatic rings. The van der Waals surface area contributed by atoms with Gasteiger partial charge in [0.2, 0.25) is 11.8 Å². The van der Waals surface area contributed by atoms with Gasteiger partial charge < -0.3 is 19.7 Å². The molecule has 0 aliphatic carbocycles. The predicted octanol–water partition coefficient (Wildman–Crippen LogP) is 1.54. The minimum atomic E-state index is -0.146. The van der Waals surface area contributed by atoms with Crippen LogP contribution in [0.2, 0.25) is 5.02 Å². The first kappa shape index (κ1) is 20.5. The minimum Gasteiger partial charge on any atom is -0.495 e. The fourth-order valence-electron chi connectivity index (χ4n) is 2.77. The van der Waals surface area contributed by atoms with Gasteiger partial charge in [0, 0.05) is 51.8 Å². The Morgan fingerprint density at radius 2 is 2.08 bits per heavy atom. The van der Waals surface area contributed by atoms with Gasteiger partial charge in [0.05, 0.1) is 25.3 Å². The van der Waals surface area contributed by atoms with E-state index in [2.05, 4.69) is 10.2 Å². The summed E-state index contributed by atoms with van der Waals surface area (Å²) in [4.78, 5) is 27.8. The van der Waals surface area contributed by atoms with Crippen LogP contribution in [0.3, 0.4) is 0 Å². The van der Waals surface area contributed by atoms with E-state index in [1.165, 1.54) is 18.9 Å². The van der Waals surface area contributed by atoms with Crippen LogP contribution >= 0.6 is 11.6 Å². The van der Waals surface area contributed by atoms with E-state index in [0.717, 1.165) is 32.8 Å². The molecular weight excluding hydrogens is 358 g/mol. The van der Waals surface area contributed by atoms with Crippen LogP contribution in [-0.4, -0.2) is 69.8 Å². The number of ether oxygens (including phenoxy) is 2. The summed E-state index contributed by atoms with van der Waals surface area (Å²) >= 11 is 6.13. The lowest BCUT2D eigenvalue weighted by Gasteiger charge is -2.26. The first-order valence-electron chi connectivity index (χ1n) is 8.69. The number of nitrogens with zero attached hydrogens (tertiary/aromatic N) is 2. The van der Waals surface area contributed by atoms with E-state index in [0.29, 0.717) is 29.5 Å². The van der Waals surface area contributed by atoms with Crippen LogP contribution in [0.25, 0.3) is 0 Å². The van der Waals surface area contributed by atoms with Crippen LogP contribution < -0.4 is 15.0 Å². The molecule has 0 saturated carbocycles. The number of rotatable bonds is 8. The van der Waals surface area contributed by atoms with E-state index in [4.69, 9.17) is 21.1 Å². The van der Waals surface area contributed by atoms with Crippen molar-refractivity contribution in [3.8, 4) is 5.75 Å². The maximum atomic E-state index is 12.1. The molecule has 1 aliphatic heterocycles. The SMILES string of the molecule is COc1ccc(N(CCC(=O)NCCN2CCOCC2)C(C)=O)cc1Cl. The molecule has 1 saturated heterocycles. The molecule has 144 valence electrons. The van der Waals surface area contributed by atoms with Crippen molar-refractivity contribution < 1.29 is 19.1 Å². The number of carbonyl (C=O) groups is 2. The highest BCUT2D eigenvalue weighted by Gasteiger charge is 2.15. The Balaban J connectivity index is 1.81. The second-order valence-electron chi connectivity index (χ2n) is 6.04. The largest absolute Gasteiger partial charge is 0.495 e. The highest BCUT2D eigenvalue weighted by Crippen LogP contribution is 2.29. The normalized spacial score (nSPS) is 14.7. The molecule has 1 fully saturated rings. The standard InChI is InChI=1S/C18H26ClN3O4/c1-14(23)22(15-3-4-17(25-2)16(19)13-15)7-5-18(24)20-6-8-21-9-11-26-12-10-21/h3-4,13H,5-12H2,1-2H3,(H,20,24). The maximum Gasteiger partial charge on any atom is 0.223 e. The van der Waals surface area contributed by atoms with Crippen molar-refractivity contribution in [1.82, 2.24) is 10.2 Å². The molecule has 1 aromatic carbocycles. The van der Waals surface area contributed by atoms with Crippen molar-refractivity contribution in [2.24, 2.45) is 0 Å². The first-order valence-corrected chi connectivity index (χ1v) is 9.07. The zero-order valence-corrected chi connectivity index (χ0v) is 16.1. The van der Waals surface area contributed by atoms with Crippen LogP contribution in [0.15, 0.2) is 18.2 Å². The van der Waals surface area contributed by atoms with E-state index in [1.807, 2.05) is 0 Å². The van der Waals surface area contributed by atoms with Gasteiger partial charge in [-0.2, -0.15) is 0 Å². The van der Waals surface area contributed by atoms with E-state index >= 15 is 0 Å². The van der Waals surface area contributed by atoms with Gasteiger partial charge in [-0.05, 0) is 18.2 Å². The minimum absolute atomic E-state index is 0.0795. The van der Waals surface area contributed by atoms with E-state index in [1.54, 1.807) is 18.2 Å². The summed E-state index contributed by atoms with van der Waals surface area (Å²) in [6.07, 6.45) is 0.229. The smallest absolute Gasteiger partial charge is 0.223 e. The predicted molar refractivity (Wildman–Crippen MR) is 101 cm³/mol. The van der Waals surface area contributed by atoms with Gasteiger partial charge in [0.25, 0.3) is 0 Å². The van der Waals surface area contributed by atoms with Crippen LogP contribution in [0.5, 0.6) is 5.75 Å². The fraction of sp³-hybridized carbons (Fsp3) is 0.556. The molecule has 0 radical (unpaired) electrons. The molecule has 0 spiro atoms. The molecule has 0 bridgehead atoms. The van der Waals surface area contributed by atoms with Crippen LogP contribution in [0.4, 0.5) is 5.69 Å². The van der Waals surface area contributed by atoms with Crippen LogP contribution in [0.1, 0.15) is 13.3 Å². The Morgan fingerprint density at radius 1 is 1.35 bits per heavy atom. The number of anilines is 1. The molecule has 26 heavy (non-hydrogen) atoms. The molecule has 1 aliphatic rings. The van der Waals surface area contributed by atoms with Gasteiger partial charge in [-0.25, -0.2) is 0 Å². The Morgan fingerprint density at radius 3 is 2.69 bits per heavy atom. The molecule has 2 rings (SSSR count). The number of carbonyl (C=O) groups excluding carboxylic acids is 2. The van der Waals surface area contributed by atoms with Crippen molar-refractivity contribution in [2.45, 2.75) is 13.3 Å². The summed E-state index contributed by atoms with van der Waals surface area (Å²) in [5, 5.41) is 3.32. The molecule has 2 amide bonds. The zero-order chi connectivity index (χ0) is 18.9. The van der Waals surface area contributed by atoms with Gasteiger partial charge in [-0.15, -0.1) is 0 Å². The molecule has 8 heteroatoms. The zero-order valence-electron chi connectivity index (χ0n) is 15.3. The Kier molecular flexibility index (Phi) is 8.15. The quantitative estimate of drug-likeness (QED) is 0.737. The van der Waals surface area contributed by atoms with Crippen LogP contribution in [0, 0.1) is 0 Å². The lowest BCUT2D eigenvalue weighted by atomic mass is 10.2. The average Bonchev–Trinajstić information content (AvgIpc) is 2.62. The Labute approximate surface area is 159 Å². The van der Waals surface area contributed by atoms with Crippen LogP contribution in [-0.2, 0) is 14.3 Å². The van der Waals surface area contributed by atoms with E-state index in [-0.39, 0.29) is 18.2 Å². The number of nitrogens with one attached hydrogen (secondary N) is 1. The molecule has 1 heterocycles. The monoisotopic (exact) mass is 383 g/mol. The highest BCUT2D eigenvalue weighted by atomic mass is 35.5. The molecule has 7 nitrogen and oxygen atoms in total. The number of methoxy groups -OCH3 is 1. The van der Waals surface area contributed by atoms with E-state index in [9.17, 15) is 9.59 Å². The van der Waals surface area contributed by atoms with Crippen molar-refractivity contribution in [2.75, 3.05) is 57.9 Å². The Hall–Kier alpha value is -1.83. The summed E-state index contributed by atoms with van der Waals surface area (Å²) < 4.78 is 10.4. The summed E-state index contributed by atoms with van der Waals surface area (Å²) in [7, 11) is 1.53. The van der Waals surface area contributed by atoms with Gasteiger partial charge in [0.1, 0.15) is 5.75 Å². The van der Waals surface area contributed by atoms with Gasteiger partial charge >= 0.3 is 0 Å². The number of hydrogen-bond acceptors (Lipinski definition) is 5. The van der Waals surface area contributed by atoms with Crippen molar-refractivity contribution in [1.29, 1.82) is 0 Å². The second kappa shape index (κ2) is 10.4. The summed E-state index contributed by atoms with van der Waals surface area (Å²) in [6, 6.07) is 5.12. The molecule has 0 aromatic heterocycles. The third-order valence-corrected chi connectivity index (χ3v) is 4.54. The lowest BCUT2D eigenvalue weighted by molar-refractivity contribution is -0.121. The topological polar surface area (TPSA) is 71.1 Å². The summed E-state index contributed by atoms with van der Waals surface area (Å²) in [5.74, 6) is 0.316. The fourth-order valence-corrected chi connectivity index (χ4v) is 3.02. The first-order chi connectivity index (χ1) is 12.5. The van der Waals surface area contributed by atoms with E-state index < -0.39 is 0 Å². The van der Waals surface area contributed by atoms with Crippen molar-refractivity contribution >= 4 is 29.1 Å². The third-order valence-electron chi connectivity index (χ3n) is 4.24. The number of benzene rings is 1. The second-order valence-corrected chi connectivity index (χ2v) is 6.45. The van der Waals surface area contributed by atoms with Gasteiger partial charge in [-0.1, -0.05) is 11.6 Å². The molecule has 0 unspecified atom stereocenters. The molecular formula is C18H26ClN3O4. The maximum absolute atomic E-state index is 12.1. The number of morpholine rings is 1. The number of amides is 2. The lowest BCUT2D eigenvalue weighted by Crippen LogP contribution is -2.42. The highest BCUT2D eigenvalue weighted by molar-refractivity contribution is 6.32. The van der Waals surface area contributed by atoms with Crippen molar-refractivity contribution in [3.05, 3.63) is 23.2 Å². The number of hydrogen-bond donors (Lipinski definition) is 1. The number of halogens is 1. The summed E-state index contributed by atoms with van der Waals surface area (Å²) in [5.41, 5.74) is 0.643. The summed E-state index contributed by atoms with van der Waals surface area (Å²) in [6.45, 7) is 6.43. The van der Waals surface area contributed by atoms with Gasteiger partial charge in [-0.3, -0.25) is 14.5 Å². The average molecular weight is 384 g/mol. The molecule has 1 N–H and O–H groups in total.